The predicted molar refractivity (Wildman–Crippen MR) is 84.8 cm³/mol. The second-order valence-electron chi connectivity index (χ2n) is 6.29. The van der Waals surface area contributed by atoms with E-state index in [-0.39, 0.29) is 29.7 Å². The second-order valence-corrected chi connectivity index (χ2v) is 6.29. The van der Waals surface area contributed by atoms with Gasteiger partial charge in [0.15, 0.2) is 0 Å². The molecule has 3 rings (SSSR count). The van der Waals surface area contributed by atoms with E-state index < -0.39 is 5.41 Å². The molecule has 0 spiro atoms. The summed E-state index contributed by atoms with van der Waals surface area (Å²) >= 11 is 0. The minimum absolute atomic E-state index is 0.0491. The first-order valence-electron chi connectivity index (χ1n) is 8.01. The van der Waals surface area contributed by atoms with E-state index in [2.05, 4.69) is 16.0 Å². The molecule has 2 atom stereocenters. The van der Waals surface area contributed by atoms with Crippen molar-refractivity contribution in [3.63, 3.8) is 0 Å². The molecule has 2 unspecified atom stereocenters. The fourth-order valence-electron chi connectivity index (χ4n) is 2.88. The summed E-state index contributed by atoms with van der Waals surface area (Å²) in [6, 6.07) is -0.653. The number of nitrogens with one attached hydrogen (secondary N) is 4. The van der Waals surface area contributed by atoms with Crippen molar-refractivity contribution in [1.29, 1.82) is 5.41 Å². The Bertz CT molecular complexity index is 592. The highest BCUT2D eigenvalue weighted by Gasteiger charge is 2.51. The van der Waals surface area contributed by atoms with Crippen LogP contribution in [0.15, 0.2) is 24.0 Å². The third-order valence-corrected chi connectivity index (χ3v) is 4.49. The fraction of sp³-hybridized carbons (Fsp3) is 0.562. The zero-order valence-corrected chi connectivity index (χ0v) is 13.1. The predicted octanol–water partition coefficient (Wildman–Crippen LogP) is 1.04. The number of fused-ring (bicyclic) bond motifs is 1. The lowest BCUT2D eigenvalue weighted by Gasteiger charge is -2.34. The third-order valence-electron chi connectivity index (χ3n) is 4.49. The van der Waals surface area contributed by atoms with Crippen LogP contribution in [-0.4, -0.2) is 37.0 Å². The van der Waals surface area contributed by atoms with Crippen molar-refractivity contribution >= 4 is 17.8 Å². The van der Waals surface area contributed by atoms with Gasteiger partial charge in [-0.2, -0.15) is 0 Å². The minimum atomic E-state index is -0.430. The molecule has 0 radical (unpaired) electrons. The number of ether oxygens (including phenoxy) is 1. The minimum Gasteiger partial charge on any atom is -0.496 e. The number of hydrogen-bond donors (Lipinski definition) is 4. The third kappa shape index (κ3) is 3.09. The Labute approximate surface area is 135 Å². The Morgan fingerprint density at radius 2 is 2.30 bits per heavy atom. The van der Waals surface area contributed by atoms with E-state index in [4.69, 9.17) is 10.1 Å². The van der Waals surface area contributed by atoms with Crippen LogP contribution in [-0.2, 0) is 9.53 Å². The molecule has 7 heteroatoms. The van der Waals surface area contributed by atoms with Gasteiger partial charge in [-0.25, -0.2) is 4.79 Å². The Morgan fingerprint density at radius 3 is 3.00 bits per heavy atom. The zero-order chi connectivity index (χ0) is 16.4. The Hall–Kier alpha value is -2.31. The van der Waals surface area contributed by atoms with Crippen LogP contribution >= 0.6 is 0 Å². The standard InChI is InChI=1S/C16H22N4O3/c1-2-8-18-14(21)16(6-7-16)9-23-11-5-3-4-10-12(11)13(17)20-15(22)19-10/h3-5,10,12H,2,6-9H2,1H3,(H,18,21)(H3,17,19,20,22). The second kappa shape index (κ2) is 6.06. The molecule has 1 heterocycles. The summed E-state index contributed by atoms with van der Waals surface area (Å²) in [5.74, 6) is 0.430. The molecule has 0 aromatic rings. The molecule has 2 fully saturated rings. The average Bonchev–Trinajstić information content (AvgIpc) is 3.31. The Kier molecular flexibility index (Phi) is 4.11. The molecule has 124 valence electrons. The molecule has 1 aliphatic heterocycles. The summed E-state index contributed by atoms with van der Waals surface area (Å²) in [7, 11) is 0. The molecule has 0 bridgehead atoms. The molecule has 23 heavy (non-hydrogen) atoms. The van der Waals surface area contributed by atoms with Gasteiger partial charge >= 0.3 is 6.03 Å². The number of carbonyl (C=O) groups is 2. The van der Waals surface area contributed by atoms with Crippen LogP contribution < -0.4 is 16.0 Å². The highest BCUT2D eigenvalue weighted by atomic mass is 16.5. The highest BCUT2D eigenvalue weighted by Crippen LogP contribution is 2.47. The van der Waals surface area contributed by atoms with Crippen molar-refractivity contribution in [3.05, 3.63) is 24.0 Å². The van der Waals surface area contributed by atoms with Crippen molar-refractivity contribution < 1.29 is 14.3 Å². The lowest BCUT2D eigenvalue weighted by molar-refractivity contribution is -0.128. The summed E-state index contributed by atoms with van der Waals surface area (Å²) in [5.41, 5.74) is -0.430. The number of allylic oxidation sites excluding steroid dienone is 2. The SMILES string of the molecule is CCCNC(=O)C1(COC2=CC=CC3NC(=O)NC(=N)C23)CC1. The summed E-state index contributed by atoms with van der Waals surface area (Å²) in [6.07, 6.45) is 8.01. The van der Waals surface area contributed by atoms with Gasteiger partial charge in [0.2, 0.25) is 5.91 Å². The van der Waals surface area contributed by atoms with Crippen molar-refractivity contribution in [3.8, 4) is 0 Å². The van der Waals surface area contributed by atoms with Crippen molar-refractivity contribution in [2.24, 2.45) is 11.3 Å². The first kappa shape index (κ1) is 15.6. The number of urea groups is 1. The van der Waals surface area contributed by atoms with Gasteiger partial charge in [0, 0.05) is 6.54 Å². The van der Waals surface area contributed by atoms with Gasteiger partial charge in [0.05, 0.1) is 17.4 Å². The largest absolute Gasteiger partial charge is 0.496 e. The molecule has 7 nitrogen and oxygen atoms in total. The normalized spacial score (nSPS) is 27.3. The maximum absolute atomic E-state index is 12.2. The van der Waals surface area contributed by atoms with Gasteiger partial charge in [-0.15, -0.1) is 0 Å². The number of rotatable bonds is 6. The summed E-state index contributed by atoms with van der Waals surface area (Å²) in [4.78, 5) is 23.7. The van der Waals surface area contributed by atoms with Gasteiger partial charge in [0.25, 0.3) is 0 Å². The van der Waals surface area contributed by atoms with E-state index in [9.17, 15) is 9.59 Å². The smallest absolute Gasteiger partial charge is 0.320 e. The molecular weight excluding hydrogens is 296 g/mol. The van der Waals surface area contributed by atoms with Gasteiger partial charge < -0.3 is 15.4 Å². The molecule has 4 N–H and O–H groups in total. The number of amidine groups is 1. The highest BCUT2D eigenvalue weighted by molar-refractivity contribution is 6.01. The van der Waals surface area contributed by atoms with Gasteiger partial charge in [0.1, 0.15) is 18.2 Å². The molecule has 0 aromatic carbocycles. The zero-order valence-electron chi connectivity index (χ0n) is 13.1. The van der Waals surface area contributed by atoms with Crippen molar-refractivity contribution in [2.45, 2.75) is 32.2 Å². The van der Waals surface area contributed by atoms with Crippen molar-refractivity contribution in [2.75, 3.05) is 13.2 Å². The number of amides is 3. The van der Waals surface area contributed by atoms with E-state index in [0.29, 0.717) is 18.9 Å². The van der Waals surface area contributed by atoms with Gasteiger partial charge in [-0.1, -0.05) is 19.1 Å². The van der Waals surface area contributed by atoms with E-state index >= 15 is 0 Å². The van der Waals surface area contributed by atoms with Gasteiger partial charge in [-0.05, 0) is 25.3 Å². The monoisotopic (exact) mass is 318 g/mol. The molecule has 3 aliphatic rings. The van der Waals surface area contributed by atoms with E-state index in [0.717, 1.165) is 19.3 Å². The quantitative estimate of drug-likeness (QED) is 0.588. The maximum atomic E-state index is 12.2. The Morgan fingerprint density at radius 1 is 1.52 bits per heavy atom. The first-order chi connectivity index (χ1) is 11.1. The lowest BCUT2D eigenvalue weighted by Crippen LogP contribution is -2.58. The molecule has 1 saturated carbocycles. The maximum Gasteiger partial charge on any atom is 0.320 e. The fourth-order valence-corrected chi connectivity index (χ4v) is 2.88. The lowest BCUT2D eigenvalue weighted by atomic mass is 9.90. The molecule has 0 aromatic heterocycles. The molecule has 1 saturated heterocycles. The van der Waals surface area contributed by atoms with E-state index in [1.165, 1.54) is 0 Å². The molecular formula is C16H22N4O3. The Balaban J connectivity index is 1.63. The molecule has 2 aliphatic carbocycles. The van der Waals surface area contributed by atoms with Crippen LogP contribution in [0.25, 0.3) is 0 Å². The average molecular weight is 318 g/mol. The van der Waals surface area contributed by atoms with E-state index in [1.54, 1.807) is 6.08 Å². The number of carbonyl (C=O) groups excluding carboxylic acids is 2. The topological polar surface area (TPSA) is 103 Å². The van der Waals surface area contributed by atoms with Crippen LogP contribution in [0.2, 0.25) is 0 Å². The molecule has 3 amide bonds. The first-order valence-corrected chi connectivity index (χ1v) is 8.01. The summed E-state index contributed by atoms with van der Waals surface area (Å²) in [5, 5.41) is 16.2. The van der Waals surface area contributed by atoms with Crippen LogP contribution in [0.3, 0.4) is 0 Å². The van der Waals surface area contributed by atoms with Gasteiger partial charge in [-0.3, -0.25) is 15.5 Å². The van der Waals surface area contributed by atoms with Crippen LogP contribution in [0.4, 0.5) is 4.79 Å². The van der Waals surface area contributed by atoms with Crippen molar-refractivity contribution in [1.82, 2.24) is 16.0 Å². The summed E-state index contributed by atoms with van der Waals surface area (Å²) in [6.45, 7) is 3.01. The van der Waals surface area contributed by atoms with Crippen LogP contribution in [0.5, 0.6) is 0 Å². The van der Waals surface area contributed by atoms with E-state index in [1.807, 2.05) is 19.1 Å². The summed E-state index contributed by atoms with van der Waals surface area (Å²) < 4.78 is 5.90. The van der Waals surface area contributed by atoms with Crippen LogP contribution in [0, 0.1) is 16.7 Å². The number of hydrogen-bond acceptors (Lipinski definition) is 4. The van der Waals surface area contributed by atoms with Crippen LogP contribution in [0.1, 0.15) is 26.2 Å².